The minimum atomic E-state index is -1.01. The summed E-state index contributed by atoms with van der Waals surface area (Å²) in [4.78, 5) is 25.3. The van der Waals surface area contributed by atoms with Gasteiger partial charge in [-0.05, 0) is 25.5 Å². The molecule has 116 valence electrons. The van der Waals surface area contributed by atoms with Crippen molar-refractivity contribution in [3.8, 4) is 0 Å². The predicted octanol–water partition coefficient (Wildman–Crippen LogP) is 0.480. The van der Waals surface area contributed by atoms with Crippen LogP contribution in [0.2, 0.25) is 0 Å². The summed E-state index contributed by atoms with van der Waals surface area (Å²) >= 11 is 3.00. The molecule has 0 aromatic carbocycles. The Morgan fingerprint density at radius 3 is 3.05 bits per heavy atom. The van der Waals surface area contributed by atoms with Crippen LogP contribution in [0.5, 0.6) is 0 Å². The van der Waals surface area contributed by atoms with Crippen LogP contribution in [0.3, 0.4) is 0 Å². The fourth-order valence-corrected chi connectivity index (χ4v) is 5.48. The van der Waals surface area contributed by atoms with Crippen molar-refractivity contribution in [2.75, 3.05) is 12.3 Å². The average molecular weight is 338 g/mol. The van der Waals surface area contributed by atoms with Crippen molar-refractivity contribution < 1.29 is 14.7 Å². The first-order valence-electron chi connectivity index (χ1n) is 7.03. The molecule has 1 amide bonds. The second-order valence-electron chi connectivity index (χ2n) is 5.58. The summed E-state index contributed by atoms with van der Waals surface area (Å²) in [5.41, 5.74) is 1.06. The van der Waals surface area contributed by atoms with Crippen LogP contribution in [0.25, 0.3) is 0 Å². The normalized spacial score (nSPS) is 29.6. The van der Waals surface area contributed by atoms with Gasteiger partial charge in [0.25, 0.3) is 0 Å². The number of hydrogen-bond acceptors (Lipinski definition) is 7. The molecule has 1 unspecified atom stereocenters. The van der Waals surface area contributed by atoms with Crippen LogP contribution in [0.4, 0.5) is 0 Å². The summed E-state index contributed by atoms with van der Waals surface area (Å²) in [5, 5.41) is 21.7. The van der Waals surface area contributed by atoms with Crippen LogP contribution < -0.4 is 5.32 Å². The highest BCUT2D eigenvalue weighted by Crippen LogP contribution is 2.47. The molecular formula is C13H14N4O3S2. The van der Waals surface area contributed by atoms with E-state index in [1.165, 1.54) is 28.0 Å². The molecule has 0 bridgehead atoms. The monoisotopic (exact) mass is 338 g/mol. The van der Waals surface area contributed by atoms with Crippen LogP contribution in [0.1, 0.15) is 11.4 Å². The van der Waals surface area contributed by atoms with E-state index < -0.39 is 5.97 Å². The first kappa shape index (κ1) is 14.2. The zero-order chi connectivity index (χ0) is 15.4. The van der Waals surface area contributed by atoms with Gasteiger partial charge < -0.3 is 10.4 Å². The molecular weight excluding hydrogens is 324 g/mol. The van der Waals surface area contributed by atoms with E-state index in [1.54, 1.807) is 0 Å². The van der Waals surface area contributed by atoms with Crippen LogP contribution >= 0.6 is 23.1 Å². The molecule has 3 aliphatic rings. The number of rotatable bonds is 4. The van der Waals surface area contributed by atoms with Gasteiger partial charge in [0.15, 0.2) is 4.34 Å². The van der Waals surface area contributed by atoms with Gasteiger partial charge in [-0.15, -0.1) is 10.2 Å². The second kappa shape index (κ2) is 5.04. The van der Waals surface area contributed by atoms with E-state index in [4.69, 9.17) is 0 Å². The third-order valence-electron chi connectivity index (χ3n) is 4.43. The molecule has 22 heavy (non-hydrogen) atoms. The van der Waals surface area contributed by atoms with Gasteiger partial charge in [-0.1, -0.05) is 23.1 Å². The summed E-state index contributed by atoms with van der Waals surface area (Å²) in [7, 11) is 0. The maximum atomic E-state index is 12.1. The minimum absolute atomic E-state index is 0.0147. The number of aromatic nitrogens is 2. The van der Waals surface area contributed by atoms with Gasteiger partial charge in [-0.3, -0.25) is 9.69 Å². The van der Waals surface area contributed by atoms with Crippen LogP contribution in [0, 0.1) is 12.8 Å². The Bertz CT molecular complexity index is 701. The molecule has 0 saturated carbocycles. The Hall–Kier alpha value is -1.45. The number of piperidine rings is 1. The van der Waals surface area contributed by atoms with Crippen molar-refractivity contribution in [2.24, 2.45) is 5.92 Å². The van der Waals surface area contributed by atoms with E-state index in [9.17, 15) is 14.7 Å². The number of carboxylic acids is 1. The van der Waals surface area contributed by atoms with E-state index in [1.807, 2.05) is 6.92 Å². The number of carbonyl (C=O) groups is 2. The van der Waals surface area contributed by atoms with Gasteiger partial charge in [0, 0.05) is 11.7 Å². The van der Waals surface area contributed by atoms with Gasteiger partial charge in [0.1, 0.15) is 16.7 Å². The number of aryl methyl sites for hydroxylation is 1. The fourth-order valence-electron chi connectivity index (χ4n) is 3.56. The number of hydrogen-bond donors (Lipinski definition) is 2. The topological polar surface area (TPSA) is 95.4 Å². The highest BCUT2D eigenvalue weighted by atomic mass is 32.2. The van der Waals surface area contributed by atoms with Crippen molar-refractivity contribution in [2.45, 2.75) is 29.8 Å². The smallest absolute Gasteiger partial charge is 0.352 e. The van der Waals surface area contributed by atoms with Crippen molar-refractivity contribution in [1.29, 1.82) is 0 Å². The van der Waals surface area contributed by atoms with Gasteiger partial charge in [0.2, 0.25) is 5.91 Å². The maximum Gasteiger partial charge on any atom is 0.352 e. The molecule has 2 saturated heterocycles. The third-order valence-corrected chi connectivity index (χ3v) is 6.45. The first-order chi connectivity index (χ1) is 10.6. The predicted molar refractivity (Wildman–Crippen MR) is 80.6 cm³/mol. The van der Waals surface area contributed by atoms with Crippen LogP contribution in [-0.4, -0.2) is 56.5 Å². The minimum Gasteiger partial charge on any atom is -0.477 e. The number of nitrogens with one attached hydrogen (secondary N) is 1. The SMILES string of the molecule is Cc1nnc(SCC2=C(C(=O)O)N3C(=O)[C@H]4NCCC2[C@H]43)s1. The van der Waals surface area contributed by atoms with Gasteiger partial charge in [0.05, 0.1) is 6.04 Å². The number of carbonyl (C=O) groups excluding carboxylic acids is 1. The molecule has 4 rings (SSSR count). The van der Waals surface area contributed by atoms with E-state index in [0.717, 1.165) is 27.9 Å². The highest BCUT2D eigenvalue weighted by Gasteiger charge is 2.60. The lowest BCUT2D eigenvalue weighted by Gasteiger charge is -2.48. The maximum absolute atomic E-state index is 12.1. The number of thioether (sulfide) groups is 1. The Balaban J connectivity index is 1.63. The largest absolute Gasteiger partial charge is 0.477 e. The quantitative estimate of drug-likeness (QED) is 0.609. The van der Waals surface area contributed by atoms with Gasteiger partial charge >= 0.3 is 5.97 Å². The fraction of sp³-hybridized carbons (Fsp3) is 0.538. The summed E-state index contributed by atoms with van der Waals surface area (Å²) < 4.78 is 0.834. The molecule has 3 atom stereocenters. The number of amides is 1. The van der Waals surface area contributed by atoms with Gasteiger partial charge in [-0.2, -0.15) is 0 Å². The molecule has 7 nitrogen and oxygen atoms in total. The van der Waals surface area contributed by atoms with Crippen LogP contribution in [-0.2, 0) is 9.59 Å². The number of aliphatic carboxylic acids is 1. The van der Waals surface area contributed by atoms with E-state index >= 15 is 0 Å². The average Bonchev–Trinajstić information content (AvgIpc) is 3.04. The molecule has 0 aliphatic carbocycles. The lowest BCUT2D eigenvalue weighted by Crippen LogP contribution is -2.71. The summed E-state index contributed by atoms with van der Waals surface area (Å²) in [6.45, 7) is 2.64. The molecule has 1 aromatic rings. The summed E-state index contributed by atoms with van der Waals surface area (Å²) in [6, 6.07) is -0.224. The number of nitrogens with zero attached hydrogens (tertiary/aromatic N) is 3. The second-order valence-corrected chi connectivity index (χ2v) is 7.98. The zero-order valence-electron chi connectivity index (χ0n) is 11.8. The molecule has 1 aromatic heterocycles. The number of carboxylic acid groups (broad SMARTS) is 1. The summed E-state index contributed by atoms with van der Waals surface area (Å²) in [6.07, 6.45) is 0.868. The van der Waals surface area contributed by atoms with Crippen molar-refractivity contribution in [3.63, 3.8) is 0 Å². The molecule has 0 radical (unpaired) electrons. The molecule has 9 heteroatoms. The molecule has 2 fully saturated rings. The molecule has 0 spiro atoms. The lowest BCUT2D eigenvalue weighted by molar-refractivity contribution is -0.154. The molecule has 2 N–H and O–H groups in total. The third kappa shape index (κ3) is 1.92. The van der Waals surface area contributed by atoms with E-state index in [2.05, 4.69) is 15.5 Å². The Morgan fingerprint density at radius 1 is 1.55 bits per heavy atom. The van der Waals surface area contributed by atoms with E-state index in [-0.39, 0.29) is 29.6 Å². The Morgan fingerprint density at radius 2 is 2.36 bits per heavy atom. The van der Waals surface area contributed by atoms with Gasteiger partial charge in [-0.25, -0.2) is 4.79 Å². The molecule has 3 aliphatic heterocycles. The first-order valence-corrected chi connectivity index (χ1v) is 8.84. The highest BCUT2D eigenvalue weighted by molar-refractivity contribution is 8.01. The van der Waals surface area contributed by atoms with Crippen molar-refractivity contribution >= 4 is 35.0 Å². The summed E-state index contributed by atoms with van der Waals surface area (Å²) in [5.74, 6) is -0.422. The van der Waals surface area contributed by atoms with E-state index in [0.29, 0.717) is 5.75 Å². The lowest BCUT2D eigenvalue weighted by atomic mass is 9.80. The van der Waals surface area contributed by atoms with Crippen LogP contribution in [0.15, 0.2) is 15.6 Å². The Kier molecular flexibility index (Phi) is 3.24. The zero-order valence-corrected chi connectivity index (χ0v) is 13.4. The molecule has 4 heterocycles. The van der Waals surface area contributed by atoms with Crippen molar-refractivity contribution in [1.82, 2.24) is 20.4 Å². The standard InChI is InChI=1S/C13H14N4O3S2/c1-5-15-16-13(22-5)21-4-7-6-2-3-14-8-9(6)17(11(8)18)10(7)12(19)20/h6,8-9,14H,2-4H2,1H3,(H,19,20)/t6?,8-,9+/m0/s1. The Labute approximate surface area is 134 Å². The van der Waals surface area contributed by atoms with Crippen molar-refractivity contribution in [3.05, 3.63) is 16.3 Å². The number of β-lactam (4-membered cyclic amide) rings is 1.